The SMILES string of the molecule is COCCn1cccc1C(=O)NC1CCCCNC1. The Hall–Kier alpha value is -1.33. The molecule has 1 unspecified atom stereocenters. The molecule has 0 radical (unpaired) electrons. The molecule has 2 heterocycles. The third-order valence-electron chi connectivity index (χ3n) is 3.48. The highest BCUT2D eigenvalue weighted by atomic mass is 16.5. The summed E-state index contributed by atoms with van der Waals surface area (Å²) in [4.78, 5) is 12.3. The van der Waals surface area contributed by atoms with Crippen molar-refractivity contribution in [3.63, 3.8) is 0 Å². The lowest BCUT2D eigenvalue weighted by atomic mass is 10.1. The van der Waals surface area contributed by atoms with E-state index in [2.05, 4.69) is 10.6 Å². The first-order chi connectivity index (χ1) is 9.31. The van der Waals surface area contributed by atoms with Gasteiger partial charge in [0.1, 0.15) is 5.69 Å². The number of nitrogens with one attached hydrogen (secondary N) is 2. The van der Waals surface area contributed by atoms with Crippen LogP contribution in [0.3, 0.4) is 0 Å². The van der Waals surface area contributed by atoms with Crippen LogP contribution in [0.5, 0.6) is 0 Å². The Kier molecular flexibility index (Phi) is 5.42. The molecule has 5 heteroatoms. The summed E-state index contributed by atoms with van der Waals surface area (Å²) in [5.74, 6) is 0.00908. The number of hydrogen-bond acceptors (Lipinski definition) is 3. The minimum Gasteiger partial charge on any atom is -0.383 e. The van der Waals surface area contributed by atoms with Crippen LogP contribution in [0.2, 0.25) is 0 Å². The molecular weight excluding hydrogens is 242 g/mol. The van der Waals surface area contributed by atoms with Crippen molar-refractivity contribution in [2.75, 3.05) is 26.8 Å². The zero-order chi connectivity index (χ0) is 13.5. The number of carbonyl (C=O) groups is 1. The fourth-order valence-electron chi connectivity index (χ4n) is 2.41. The van der Waals surface area contributed by atoms with Gasteiger partial charge >= 0.3 is 0 Å². The van der Waals surface area contributed by atoms with Gasteiger partial charge in [-0.25, -0.2) is 0 Å². The maximum Gasteiger partial charge on any atom is 0.268 e. The van der Waals surface area contributed by atoms with E-state index in [1.165, 1.54) is 12.8 Å². The Balaban J connectivity index is 1.93. The van der Waals surface area contributed by atoms with Gasteiger partial charge in [-0.3, -0.25) is 4.79 Å². The van der Waals surface area contributed by atoms with E-state index in [4.69, 9.17) is 4.74 Å². The molecular formula is C14H23N3O2. The summed E-state index contributed by atoms with van der Waals surface area (Å²) < 4.78 is 6.99. The van der Waals surface area contributed by atoms with Crippen LogP contribution in [-0.4, -0.2) is 43.3 Å². The van der Waals surface area contributed by atoms with Crippen LogP contribution in [0.15, 0.2) is 18.3 Å². The van der Waals surface area contributed by atoms with Crippen LogP contribution in [0.25, 0.3) is 0 Å². The third kappa shape index (κ3) is 4.08. The first-order valence-electron chi connectivity index (χ1n) is 6.97. The van der Waals surface area contributed by atoms with E-state index in [1.807, 2.05) is 22.9 Å². The molecule has 0 spiro atoms. The first-order valence-corrected chi connectivity index (χ1v) is 6.97. The Labute approximate surface area is 114 Å². The van der Waals surface area contributed by atoms with Crippen LogP contribution < -0.4 is 10.6 Å². The predicted molar refractivity (Wildman–Crippen MR) is 74.3 cm³/mol. The molecule has 1 aromatic heterocycles. The van der Waals surface area contributed by atoms with Gasteiger partial charge < -0.3 is 19.9 Å². The second-order valence-corrected chi connectivity index (χ2v) is 4.95. The van der Waals surface area contributed by atoms with Gasteiger partial charge in [-0.15, -0.1) is 0 Å². The first kappa shape index (κ1) is 14.1. The Bertz CT molecular complexity index is 395. The quantitative estimate of drug-likeness (QED) is 0.835. The molecule has 1 aliphatic heterocycles. The number of amides is 1. The molecule has 106 valence electrons. The van der Waals surface area contributed by atoms with Crippen molar-refractivity contribution in [1.82, 2.24) is 15.2 Å². The van der Waals surface area contributed by atoms with Gasteiger partial charge in [0, 0.05) is 32.4 Å². The summed E-state index contributed by atoms with van der Waals surface area (Å²) in [7, 11) is 1.67. The fraction of sp³-hybridized carbons (Fsp3) is 0.643. The van der Waals surface area contributed by atoms with Gasteiger partial charge in [-0.05, 0) is 31.5 Å². The second-order valence-electron chi connectivity index (χ2n) is 4.95. The molecule has 1 amide bonds. The van der Waals surface area contributed by atoms with Gasteiger partial charge in [-0.2, -0.15) is 0 Å². The summed E-state index contributed by atoms with van der Waals surface area (Å²) in [5.41, 5.74) is 0.710. The highest BCUT2D eigenvalue weighted by Crippen LogP contribution is 2.07. The maximum atomic E-state index is 12.3. The summed E-state index contributed by atoms with van der Waals surface area (Å²) in [6.45, 7) is 3.23. The van der Waals surface area contributed by atoms with E-state index in [-0.39, 0.29) is 11.9 Å². The van der Waals surface area contributed by atoms with E-state index < -0.39 is 0 Å². The van der Waals surface area contributed by atoms with Crippen molar-refractivity contribution >= 4 is 5.91 Å². The Morgan fingerprint density at radius 1 is 1.58 bits per heavy atom. The lowest BCUT2D eigenvalue weighted by Crippen LogP contribution is -2.41. The van der Waals surface area contributed by atoms with E-state index in [9.17, 15) is 4.79 Å². The molecule has 2 rings (SSSR count). The van der Waals surface area contributed by atoms with Gasteiger partial charge in [-0.1, -0.05) is 6.42 Å². The topological polar surface area (TPSA) is 55.3 Å². The minimum atomic E-state index is 0.00908. The third-order valence-corrected chi connectivity index (χ3v) is 3.48. The molecule has 1 fully saturated rings. The molecule has 5 nitrogen and oxygen atoms in total. The fourth-order valence-corrected chi connectivity index (χ4v) is 2.41. The standard InChI is InChI=1S/C14H23N3O2/c1-19-10-9-17-8-4-6-13(17)14(18)16-12-5-2-3-7-15-11-12/h4,6,8,12,15H,2-3,5,7,9-11H2,1H3,(H,16,18). The van der Waals surface area contributed by atoms with Crippen LogP contribution in [0.4, 0.5) is 0 Å². The van der Waals surface area contributed by atoms with Crippen LogP contribution in [0.1, 0.15) is 29.8 Å². The number of carbonyl (C=O) groups excluding carboxylic acids is 1. The van der Waals surface area contributed by atoms with Crippen molar-refractivity contribution in [1.29, 1.82) is 0 Å². The molecule has 0 aliphatic carbocycles. The molecule has 1 saturated heterocycles. The number of methoxy groups -OCH3 is 1. The van der Waals surface area contributed by atoms with Crippen molar-refractivity contribution in [2.45, 2.75) is 31.8 Å². The summed E-state index contributed by atoms with van der Waals surface area (Å²) in [5, 5.41) is 6.47. The molecule has 0 bridgehead atoms. The Morgan fingerprint density at radius 3 is 3.32 bits per heavy atom. The normalized spacial score (nSPS) is 19.9. The van der Waals surface area contributed by atoms with Crippen LogP contribution in [0, 0.1) is 0 Å². The smallest absolute Gasteiger partial charge is 0.268 e. The van der Waals surface area contributed by atoms with Crippen molar-refractivity contribution in [3.8, 4) is 0 Å². The molecule has 2 N–H and O–H groups in total. The van der Waals surface area contributed by atoms with Crippen molar-refractivity contribution < 1.29 is 9.53 Å². The van der Waals surface area contributed by atoms with Gasteiger partial charge in [0.15, 0.2) is 0 Å². The predicted octanol–water partition coefficient (Wildman–Crippen LogP) is 1.01. The number of rotatable bonds is 5. The summed E-state index contributed by atoms with van der Waals surface area (Å²) in [6.07, 6.45) is 5.33. The second kappa shape index (κ2) is 7.31. The molecule has 1 aliphatic rings. The zero-order valence-electron chi connectivity index (χ0n) is 11.5. The van der Waals surface area contributed by atoms with E-state index in [0.717, 1.165) is 19.5 Å². The average molecular weight is 265 g/mol. The molecule has 19 heavy (non-hydrogen) atoms. The monoisotopic (exact) mass is 265 g/mol. The number of ether oxygens (including phenoxy) is 1. The Morgan fingerprint density at radius 2 is 2.47 bits per heavy atom. The average Bonchev–Trinajstić information content (AvgIpc) is 2.74. The maximum absolute atomic E-state index is 12.3. The zero-order valence-corrected chi connectivity index (χ0v) is 11.5. The number of hydrogen-bond donors (Lipinski definition) is 2. The van der Waals surface area contributed by atoms with E-state index >= 15 is 0 Å². The molecule has 1 atom stereocenters. The van der Waals surface area contributed by atoms with Crippen molar-refractivity contribution in [2.24, 2.45) is 0 Å². The highest BCUT2D eigenvalue weighted by molar-refractivity contribution is 5.92. The summed E-state index contributed by atoms with van der Waals surface area (Å²) in [6, 6.07) is 3.99. The lowest BCUT2D eigenvalue weighted by molar-refractivity contribution is 0.0923. The molecule has 0 aromatic carbocycles. The van der Waals surface area contributed by atoms with Crippen LogP contribution in [-0.2, 0) is 11.3 Å². The molecule has 1 aromatic rings. The largest absolute Gasteiger partial charge is 0.383 e. The van der Waals surface area contributed by atoms with Gasteiger partial charge in [0.2, 0.25) is 0 Å². The summed E-state index contributed by atoms with van der Waals surface area (Å²) >= 11 is 0. The van der Waals surface area contributed by atoms with E-state index in [1.54, 1.807) is 7.11 Å². The number of nitrogens with zero attached hydrogens (tertiary/aromatic N) is 1. The lowest BCUT2D eigenvalue weighted by Gasteiger charge is -2.17. The van der Waals surface area contributed by atoms with Gasteiger partial charge in [0.05, 0.1) is 6.61 Å². The number of aromatic nitrogens is 1. The minimum absolute atomic E-state index is 0.00908. The van der Waals surface area contributed by atoms with E-state index in [0.29, 0.717) is 18.8 Å². The van der Waals surface area contributed by atoms with Crippen LogP contribution >= 0.6 is 0 Å². The molecule has 0 saturated carbocycles. The van der Waals surface area contributed by atoms with Gasteiger partial charge in [0.25, 0.3) is 5.91 Å². The van der Waals surface area contributed by atoms with Crippen molar-refractivity contribution in [3.05, 3.63) is 24.0 Å². The highest BCUT2D eigenvalue weighted by Gasteiger charge is 2.17.